The van der Waals surface area contributed by atoms with Gasteiger partial charge in [0.2, 0.25) is 0 Å². The number of rotatable bonds is 0. The molecule has 1 aliphatic carbocycles. The summed E-state index contributed by atoms with van der Waals surface area (Å²) in [6, 6.07) is 8.53. The summed E-state index contributed by atoms with van der Waals surface area (Å²) in [6.07, 6.45) is 1.24. The van der Waals surface area contributed by atoms with Gasteiger partial charge in [-0.15, -0.1) is 0 Å². The first-order valence-corrected chi connectivity index (χ1v) is 5.43. The topological polar surface area (TPSA) is 40.5 Å². The predicted octanol–water partition coefficient (Wildman–Crippen LogP) is 2.86. The molecule has 90 valence electrons. The Kier molecular flexibility index (Phi) is 24.7. The van der Waals surface area contributed by atoms with E-state index in [2.05, 4.69) is 24.3 Å². The summed E-state index contributed by atoms with van der Waals surface area (Å²) in [5.74, 6) is 0. The van der Waals surface area contributed by atoms with E-state index in [-0.39, 0.29) is 0 Å². The monoisotopic (exact) mass is 214 g/mol. The fourth-order valence-corrected chi connectivity index (χ4v) is 0.836. The van der Waals surface area contributed by atoms with Crippen molar-refractivity contribution >= 4 is 0 Å². The Morgan fingerprint density at radius 2 is 1.00 bits per heavy atom. The van der Waals surface area contributed by atoms with Crippen molar-refractivity contribution in [3.05, 3.63) is 35.4 Å². The molecule has 2 nitrogen and oxygen atoms in total. The Morgan fingerprint density at radius 3 is 1.20 bits per heavy atom. The van der Waals surface area contributed by atoms with Crippen molar-refractivity contribution in [1.29, 1.82) is 0 Å². The summed E-state index contributed by atoms with van der Waals surface area (Å²) in [5.41, 5.74) is 3.06. The molecule has 0 fully saturated rings. The second-order valence-corrected chi connectivity index (χ2v) is 1.95. The van der Waals surface area contributed by atoms with E-state index in [0.29, 0.717) is 0 Å². The lowest BCUT2D eigenvalue weighted by molar-refractivity contribution is 0.399. The summed E-state index contributed by atoms with van der Waals surface area (Å²) in [6.45, 7) is 8.00. The number of fused-ring (bicyclic) bond motifs is 1. The van der Waals surface area contributed by atoms with E-state index in [1.807, 2.05) is 27.7 Å². The second kappa shape index (κ2) is 18.8. The normalized spacial score (nSPS) is 7.73. The average Bonchev–Trinajstić information content (AvgIpc) is 3.18. The summed E-state index contributed by atoms with van der Waals surface area (Å²) >= 11 is 0. The van der Waals surface area contributed by atoms with Gasteiger partial charge in [0.05, 0.1) is 0 Å². The highest BCUT2D eigenvalue weighted by Crippen LogP contribution is 2.25. The number of hydrogen-bond donors (Lipinski definition) is 2. The van der Waals surface area contributed by atoms with Crippen molar-refractivity contribution < 1.29 is 10.2 Å². The van der Waals surface area contributed by atoms with Gasteiger partial charge in [0.15, 0.2) is 0 Å². The number of aliphatic hydroxyl groups excluding tert-OH is 2. The molecule has 0 amide bonds. The zero-order chi connectivity index (χ0) is 12.7. The number of hydrogen-bond acceptors (Lipinski definition) is 2. The minimum absolute atomic E-state index is 1.00. The molecule has 0 saturated heterocycles. The lowest BCUT2D eigenvalue weighted by Crippen LogP contribution is -1.48. The molecule has 0 aliphatic heterocycles. The number of benzene rings is 1. The minimum atomic E-state index is 1.00. The van der Waals surface area contributed by atoms with Gasteiger partial charge in [-0.25, -0.2) is 0 Å². The van der Waals surface area contributed by atoms with Crippen LogP contribution in [0.1, 0.15) is 38.8 Å². The van der Waals surface area contributed by atoms with Crippen molar-refractivity contribution in [2.24, 2.45) is 0 Å². The van der Waals surface area contributed by atoms with E-state index in [9.17, 15) is 0 Å². The lowest BCUT2D eigenvalue weighted by Gasteiger charge is -1.69. The van der Waals surface area contributed by atoms with Crippen molar-refractivity contribution in [2.45, 2.75) is 34.1 Å². The van der Waals surface area contributed by atoms with Crippen LogP contribution in [0.2, 0.25) is 0 Å². The van der Waals surface area contributed by atoms with Crippen LogP contribution in [0.3, 0.4) is 0 Å². The molecule has 0 aromatic heterocycles. The molecule has 0 unspecified atom stereocenters. The summed E-state index contributed by atoms with van der Waals surface area (Å²) in [5, 5.41) is 14.0. The Bertz CT molecular complexity index is 176. The van der Waals surface area contributed by atoms with Gasteiger partial charge in [0.1, 0.15) is 0 Å². The largest absolute Gasteiger partial charge is 0.400 e. The molecule has 0 spiro atoms. The maximum absolute atomic E-state index is 7.00. The van der Waals surface area contributed by atoms with E-state index in [1.54, 1.807) is 0 Å². The molecule has 1 aromatic carbocycles. The second-order valence-electron chi connectivity index (χ2n) is 1.95. The van der Waals surface area contributed by atoms with E-state index >= 15 is 0 Å². The fraction of sp³-hybridized carbons (Fsp3) is 0.538. The highest BCUT2D eigenvalue weighted by atomic mass is 16.2. The van der Waals surface area contributed by atoms with E-state index in [0.717, 1.165) is 14.2 Å². The summed E-state index contributed by atoms with van der Waals surface area (Å²) < 4.78 is 0. The number of aliphatic hydroxyl groups is 2. The van der Waals surface area contributed by atoms with E-state index < -0.39 is 0 Å². The Balaban J connectivity index is -0.000000157. The molecule has 2 rings (SSSR count). The molecule has 0 atom stereocenters. The van der Waals surface area contributed by atoms with Gasteiger partial charge in [-0.1, -0.05) is 52.0 Å². The van der Waals surface area contributed by atoms with Crippen LogP contribution in [0.15, 0.2) is 24.3 Å². The molecule has 0 saturated carbocycles. The fourth-order valence-electron chi connectivity index (χ4n) is 0.836. The molecular weight excluding hydrogens is 188 g/mol. The third-order valence-electron chi connectivity index (χ3n) is 1.37. The van der Waals surface area contributed by atoms with E-state index in [4.69, 9.17) is 10.2 Å². The van der Waals surface area contributed by atoms with Crippen LogP contribution in [0, 0.1) is 0 Å². The van der Waals surface area contributed by atoms with Gasteiger partial charge in [-0.3, -0.25) is 0 Å². The highest BCUT2D eigenvalue weighted by molar-refractivity contribution is 5.44. The van der Waals surface area contributed by atoms with Crippen LogP contribution in [0.25, 0.3) is 0 Å². The summed E-state index contributed by atoms with van der Waals surface area (Å²) in [4.78, 5) is 0. The van der Waals surface area contributed by atoms with Crippen molar-refractivity contribution in [3.8, 4) is 0 Å². The first-order chi connectivity index (χ1) is 7.47. The van der Waals surface area contributed by atoms with Crippen LogP contribution >= 0.6 is 0 Å². The van der Waals surface area contributed by atoms with Gasteiger partial charge in [-0.05, 0) is 17.5 Å². The maximum atomic E-state index is 7.00. The van der Waals surface area contributed by atoms with Gasteiger partial charge >= 0.3 is 0 Å². The van der Waals surface area contributed by atoms with Gasteiger partial charge < -0.3 is 10.2 Å². The Hall–Kier alpha value is -0.860. The van der Waals surface area contributed by atoms with Crippen molar-refractivity contribution in [2.75, 3.05) is 14.2 Å². The van der Waals surface area contributed by atoms with Crippen LogP contribution in [-0.4, -0.2) is 24.4 Å². The van der Waals surface area contributed by atoms with E-state index in [1.165, 1.54) is 17.5 Å². The van der Waals surface area contributed by atoms with Crippen LogP contribution < -0.4 is 0 Å². The van der Waals surface area contributed by atoms with Gasteiger partial charge in [-0.2, -0.15) is 0 Å². The SMILES string of the molecule is CC.CC.CO.CO.c1ccc2c(c1)C2. The standard InChI is InChI=1S/C7H6.2C2H6.2CH4O/c1-2-4-7-5-6(7)3-1;4*1-2/h1-4H,5H2;2*1-2H3;2*2H,1H3. The van der Waals surface area contributed by atoms with Crippen molar-refractivity contribution in [3.63, 3.8) is 0 Å². The Morgan fingerprint density at radius 1 is 0.733 bits per heavy atom. The molecule has 2 heteroatoms. The molecule has 2 N–H and O–H groups in total. The minimum Gasteiger partial charge on any atom is -0.400 e. The van der Waals surface area contributed by atoms with Crippen molar-refractivity contribution in [1.82, 2.24) is 0 Å². The summed E-state index contributed by atoms with van der Waals surface area (Å²) in [7, 11) is 2.00. The smallest absolute Gasteiger partial charge is 0.0319 e. The van der Waals surface area contributed by atoms with Gasteiger partial charge in [0, 0.05) is 14.2 Å². The lowest BCUT2D eigenvalue weighted by atomic mass is 10.4. The maximum Gasteiger partial charge on any atom is 0.0319 e. The zero-order valence-corrected chi connectivity index (χ0v) is 10.9. The zero-order valence-electron chi connectivity index (χ0n) is 10.9. The molecule has 15 heavy (non-hydrogen) atoms. The highest BCUT2D eigenvalue weighted by Gasteiger charge is 2.12. The molecule has 1 aliphatic rings. The third kappa shape index (κ3) is 11.1. The third-order valence-corrected chi connectivity index (χ3v) is 1.37. The van der Waals surface area contributed by atoms with Crippen LogP contribution in [0.4, 0.5) is 0 Å². The Labute approximate surface area is 94.6 Å². The molecule has 0 heterocycles. The first-order valence-electron chi connectivity index (χ1n) is 5.43. The first kappa shape index (κ1) is 19.7. The molecule has 0 radical (unpaired) electrons. The predicted molar refractivity (Wildman–Crippen MR) is 68.2 cm³/mol. The van der Waals surface area contributed by atoms with Crippen LogP contribution in [-0.2, 0) is 6.42 Å². The average molecular weight is 214 g/mol. The molecular formula is C13H26O2. The molecule has 0 bridgehead atoms. The molecule has 1 aromatic rings. The van der Waals surface area contributed by atoms with Gasteiger partial charge in [0.25, 0.3) is 0 Å². The quantitative estimate of drug-likeness (QED) is 0.708. The van der Waals surface area contributed by atoms with Crippen LogP contribution in [0.5, 0.6) is 0 Å².